The van der Waals surface area contributed by atoms with Gasteiger partial charge in [-0.05, 0) is 63.6 Å². The maximum absolute atomic E-state index is 4.34. The minimum absolute atomic E-state index is 0.817. The molecular weight excluding hydrogens is 244 g/mol. The second-order valence-corrected chi connectivity index (χ2v) is 6.10. The van der Waals surface area contributed by atoms with Crippen molar-refractivity contribution in [3.05, 3.63) is 41.2 Å². The lowest BCUT2D eigenvalue weighted by atomic mass is 10.1. The number of hydrogen-bond donors (Lipinski definition) is 1. The maximum Gasteiger partial charge on any atom is 0.0372 e. The zero-order valence-electron chi connectivity index (χ0n) is 13.6. The highest BCUT2D eigenvalue weighted by Gasteiger charge is 1.96. The number of hydrogen-bond acceptors (Lipinski definition) is 2. The van der Waals surface area contributed by atoms with Crippen molar-refractivity contribution in [1.29, 1.82) is 0 Å². The molecule has 2 nitrogen and oxygen atoms in total. The number of nitrogens with zero attached hydrogens (tertiary/aromatic N) is 1. The van der Waals surface area contributed by atoms with Crippen LogP contribution in [0.15, 0.2) is 30.0 Å². The molecule has 0 spiro atoms. The highest BCUT2D eigenvalue weighted by atomic mass is 14.8. The van der Waals surface area contributed by atoms with Gasteiger partial charge < -0.3 is 5.32 Å². The van der Waals surface area contributed by atoms with Gasteiger partial charge in [-0.25, -0.2) is 0 Å². The lowest BCUT2D eigenvalue weighted by Crippen LogP contribution is -2.15. The number of rotatable bonds is 9. The summed E-state index contributed by atoms with van der Waals surface area (Å²) >= 11 is 0. The molecule has 0 aliphatic rings. The van der Waals surface area contributed by atoms with E-state index >= 15 is 0 Å². The van der Waals surface area contributed by atoms with Crippen LogP contribution >= 0.6 is 0 Å². The summed E-state index contributed by atoms with van der Waals surface area (Å²) in [5.41, 5.74) is 3.88. The minimum Gasteiger partial charge on any atom is -0.313 e. The quantitative estimate of drug-likeness (QED) is 0.536. The molecule has 1 heterocycles. The summed E-state index contributed by atoms with van der Waals surface area (Å²) in [6.45, 7) is 10.9. The van der Waals surface area contributed by atoms with Gasteiger partial charge in [0.2, 0.25) is 0 Å². The molecular formula is C18H30N2. The van der Waals surface area contributed by atoms with Crippen molar-refractivity contribution < 1.29 is 0 Å². The number of aryl methyl sites for hydroxylation is 2. The van der Waals surface area contributed by atoms with Gasteiger partial charge in [-0.1, -0.05) is 31.6 Å². The highest BCUT2D eigenvalue weighted by Crippen LogP contribution is 2.08. The molecule has 20 heavy (non-hydrogen) atoms. The number of pyridine rings is 1. The lowest BCUT2D eigenvalue weighted by Gasteiger charge is -2.06. The fourth-order valence-corrected chi connectivity index (χ4v) is 2.07. The third kappa shape index (κ3) is 8.11. The van der Waals surface area contributed by atoms with Gasteiger partial charge >= 0.3 is 0 Å². The SMILES string of the molecule is C/C(=C\CNCCCC(C)C)CCc1ccc(C)nc1. The Morgan fingerprint density at radius 3 is 2.80 bits per heavy atom. The Morgan fingerprint density at radius 1 is 1.35 bits per heavy atom. The van der Waals surface area contributed by atoms with E-state index in [2.05, 4.69) is 49.3 Å². The highest BCUT2D eigenvalue weighted by molar-refractivity contribution is 5.15. The lowest BCUT2D eigenvalue weighted by molar-refractivity contribution is 0.536. The largest absolute Gasteiger partial charge is 0.313 e. The van der Waals surface area contributed by atoms with Gasteiger partial charge in [-0.3, -0.25) is 4.98 Å². The molecule has 0 radical (unpaired) electrons. The molecule has 1 N–H and O–H groups in total. The zero-order chi connectivity index (χ0) is 14.8. The van der Waals surface area contributed by atoms with Crippen molar-refractivity contribution in [2.75, 3.05) is 13.1 Å². The molecule has 0 aromatic carbocycles. The molecule has 112 valence electrons. The molecule has 0 amide bonds. The van der Waals surface area contributed by atoms with Crippen LogP contribution < -0.4 is 5.32 Å². The van der Waals surface area contributed by atoms with Crippen LogP contribution in [0.25, 0.3) is 0 Å². The van der Waals surface area contributed by atoms with E-state index in [0.29, 0.717) is 0 Å². The minimum atomic E-state index is 0.817. The summed E-state index contributed by atoms with van der Waals surface area (Å²) in [7, 11) is 0. The normalized spacial score (nSPS) is 12.2. The van der Waals surface area contributed by atoms with Gasteiger partial charge in [0.25, 0.3) is 0 Å². The fraction of sp³-hybridized carbons (Fsp3) is 0.611. The van der Waals surface area contributed by atoms with Crippen molar-refractivity contribution in [3.63, 3.8) is 0 Å². The molecule has 0 saturated carbocycles. The third-order valence-electron chi connectivity index (χ3n) is 3.51. The van der Waals surface area contributed by atoms with E-state index in [1.54, 1.807) is 0 Å². The van der Waals surface area contributed by atoms with Crippen molar-refractivity contribution in [3.8, 4) is 0 Å². The van der Waals surface area contributed by atoms with Crippen molar-refractivity contribution in [1.82, 2.24) is 10.3 Å². The maximum atomic E-state index is 4.34. The topological polar surface area (TPSA) is 24.9 Å². The standard InChI is InChI=1S/C18H30N2/c1-15(2)6-5-12-19-13-11-16(3)7-9-18-10-8-17(4)20-14-18/h8,10-11,14-15,19H,5-7,9,12-13H2,1-4H3/b16-11+. The Morgan fingerprint density at radius 2 is 2.15 bits per heavy atom. The van der Waals surface area contributed by atoms with Gasteiger partial charge in [0.1, 0.15) is 0 Å². The zero-order valence-corrected chi connectivity index (χ0v) is 13.6. The summed E-state index contributed by atoms with van der Waals surface area (Å²) in [5, 5.41) is 3.49. The first kappa shape index (κ1) is 16.9. The second kappa shape index (κ2) is 9.71. The van der Waals surface area contributed by atoms with Crippen LogP contribution in [0, 0.1) is 12.8 Å². The Bertz CT molecular complexity index is 390. The van der Waals surface area contributed by atoms with Crippen LogP contribution in [0.1, 0.15) is 51.3 Å². The van der Waals surface area contributed by atoms with E-state index in [0.717, 1.165) is 37.5 Å². The number of nitrogens with one attached hydrogen (secondary N) is 1. The van der Waals surface area contributed by atoms with E-state index in [1.165, 1.54) is 24.0 Å². The molecule has 2 heteroatoms. The average molecular weight is 274 g/mol. The second-order valence-electron chi connectivity index (χ2n) is 6.10. The number of allylic oxidation sites excluding steroid dienone is 1. The summed E-state index contributed by atoms with van der Waals surface area (Å²) in [6.07, 6.45) is 9.11. The summed E-state index contributed by atoms with van der Waals surface area (Å²) in [6, 6.07) is 4.27. The Hall–Kier alpha value is -1.15. The Labute approximate surface area is 124 Å². The van der Waals surface area contributed by atoms with Gasteiger partial charge in [0, 0.05) is 18.4 Å². The summed E-state index contributed by atoms with van der Waals surface area (Å²) in [4.78, 5) is 4.34. The van der Waals surface area contributed by atoms with Gasteiger partial charge in [-0.2, -0.15) is 0 Å². The molecule has 0 unspecified atom stereocenters. The smallest absolute Gasteiger partial charge is 0.0372 e. The van der Waals surface area contributed by atoms with Crippen molar-refractivity contribution >= 4 is 0 Å². The molecule has 0 bridgehead atoms. The molecule has 0 aliphatic carbocycles. The monoisotopic (exact) mass is 274 g/mol. The predicted molar refractivity (Wildman–Crippen MR) is 88.0 cm³/mol. The van der Waals surface area contributed by atoms with Gasteiger partial charge in [0.15, 0.2) is 0 Å². The van der Waals surface area contributed by atoms with Crippen LogP contribution in [0.5, 0.6) is 0 Å². The van der Waals surface area contributed by atoms with E-state index in [-0.39, 0.29) is 0 Å². The first-order valence-corrected chi connectivity index (χ1v) is 7.86. The van der Waals surface area contributed by atoms with Gasteiger partial charge in [0.05, 0.1) is 0 Å². The molecule has 1 rings (SSSR count). The van der Waals surface area contributed by atoms with Crippen LogP contribution in [0.2, 0.25) is 0 Å². The molecule has 0 aliphatic heterocycles. The molecule has 0 atom stereocenters. The molecule has 1 aromatic rings. The number of aromatic nitrogens is 1. The first-order valence-electron chi connectivity index (χ1n) is 7.86. The van der Waals surface area contributed by atoms with E-state index in [4.69, 9.17) is 0 Å². The predicted octanol–water partition coefficient (Wildman–Crippen LogP) is 4.29. The molecule has 0 fully saturated rings. The van der Waals surface area contributed by atoms with Crippen LogP contribution in [0.3, 0.4) is 0 Å². The fourth-order valence-electron chi connectivity index (χ4n) is 2.07. The Kier molecular flexibility index (Phi) is 8.20. The van der Waals surface area contributed by atoms with Crippen LogP contribution in [-0.2, 0) is 6.42 Å². The summed E-state index contributed by atoms with van der Waals surface area (Å²) in [5.74, 6) is 0.817. The van der Waals surface area contributed by atoms with E-state index in [1.807, 2.05) is 13.1 Å². The van der Waals surface area contributed by atoms with Crippen LogP contribution in [-0.4, -0.2) is 18.1 Å². The Balaban J connectivity index is 2.13. The first-order chi connectivity index (χ1) is 9.58. The average Bonchev–Trinajstić information content (AvgIpc) is 2.41. The van der Waals surface area contributed by atoms with Crippen LogP contribution in [0.4, 0.5) is 0 Å². The van der Waals surface area contributed by atoms with Crippen molar-refractivity contribution in [2.45, 2.75) is 53.4 Å². The van der Waals surface area contributed by atoms with Gasteiger partial charge in [-0.15, -0.1) is 0 Å². The molecule has 0 saturated heterocycles. The molecule has 1 aromatic heterocycles. The van der Waals surface area contributed by atoms with E-state index < -0.39 is 0 Å². The van der Waals surface area contributed by atoms with E-state index in [9.17, 15) is 0 Å². The third-order valence-corrected chi connectivity index (χ3v) is 3.51. The summed E-state index contributed by atoms with van der Waals surface area (Å²) < 4.78 is 0. The van der Waals surface area contributed by atoms with Crippen molar-refractivity contribution in [2.24, 2.45) is 5.92 Å².